The van der Waals surface area contributed by atoms with Crippen LogP contribution in [0.1, 0.15) is 41.3 Å². The molecule has 1 amide bonds. The van der Waals surface area contributed by atoms with E-state index in [1.54, 1.807) is 14.2 Å². The third-order valence-electron chi connectivity index (χ3n) is 5.28. The van der Waals surface area contributed by atoms with Crippen LogP contribution in [0.4, 0.5) is 17.1 Å². The number of benzene rings is 3. The molecule has 168 valence electrons. The van der Waals surface area contributed by atoms with Gasteiger partial charge in [-0.25, -0.2) is 0 Å². The van der Waals surface area contributed by atoms with Gasteiger partial charge in [-0.1, -0.05) is 31.5 Å². The molecule has 32 heavy (non-hydrogen) atoms. The zero-order valence-electron chi connectivity index (χ0n) is 18.9. The van der Waals surface area contributed by atoms with Gasteiger partial charge in [0.2, 0.25) is 0 Å². The van der Waals surface area contributed by atoms with Crippen molar-refractivity contribution in [2.24, 2.45) is 0 Å². The SMILES string of the molecule is CCCCc1ccc(N)c(NC(=O)c2ccc(CNc3ccc(OC)c(OC)c3)cc2)c1. The Morgan fingerprint density at radius 1 is 0.906 bits per heavy atom. The van der Waals surface area contributed by atoms with E-state index in [1.165, 1.54) is 5.56 Å². The van der Waals surface area contributed by atoms with Crippen molar-refractivity contribution >= 4 is 23.0 Å². The number of carbonyl (C=O) groups excluding carboxylic acids is 1. The average molecular weight is 434 g/mol. The van der Waals surface area contributed by atoms with Gasteiger partial charge in [0.15, 0.2) is 11.5 Å². The Kier molecular flexibility index (Phi) is 7.97. The average Bonchev–Trinajstić information content (AvgIpc) is 2.83. The number of anilines is 3. The fourth-order valence-corrected chi connectivity index (χ4v) is 3.37. The molecule has 0 saturated carbocycles. The summed E-state index contributed by atoms with van der Waals surface area (Å²) in [4.78, 5) is 12.7. The maximum Gasteiger partial charge on any atom is 0.255 e. The van der Waals surface area contributed by atoms with E-state index in [-0.39, 0.29) is 5.91 Å². The summed E-state index contributed by atoms with van der Waals surface area (Å²) in [6, 6.07) is 19.0. The van der Waals surface area contributed by atoms with Crippen LogP contribution in [0.25, 0.3) is 0 Å². The number of amides is 1. The van der Waals surface area contributed by atoms with Gasteiger partial charge < -0.3 is 25.8 Å². The molecular weight excluding hydrogens is 402 g/mol. The molecule has 3 aromatic carbocycles. The minimum Gasteiger partial charge on any atom is -0.493 e. The lowest BCUT2D eigenvalue weighted by molar-refractivity contribution is 0.102. The van der Waals surface area contributed by atoms with E-state index in [9.17, 15) is 4.79 Å². The summed E-state index contributed by atoms with van der Waals surface area (Å²) >= 11 is 0. The quantitative estimate of drug-likeness (QED) is 0.368. The van der Waals surface area contributed by atoms with Gasteiger partial charge in [-0.05, 0) is 60.4 Å². The molecule has 3 rings (SSSR count). The normalized spacial score (nSPS) is 10.5. The first-order valence-electron chi connectivity index (χ1n) is 10.8. The van der Waals surface area contributed by atoms with Crippen molar-refractivity contribution in [2.75, 3.05) is 30.6 Å². The van der Waals surface area contributed by atoms with Crippen molar-refractivity contribution in [1.29, 1.82) is 0 Å². The minimum absolute atomic E-state index is 0.177. The lowest BCUT2D eigenvalue weighted by Gasteiger charge is -2.12. The van der Waals surface area contributed by atoms with Crippen molar-refractivity contribution < 1.29 is 14.3 Å². The Morgan fingerprint density at radius 2 is 1.62 bits per heavy atom. The molecule has 0 heterocycles. The lowest BCUT2D eigenvalue weighted by Crippen LogP contribution is -2.13. The van der Waals surface area contributed by atoms with Gasteiger partial charge in [-0.2, -0.15) is 0 Å². The van der Waals surface area contributed by atoms with Gasteiger partial charge in [-0.3, -0.25) is 4.79 Å². The molecule has 6 heteroatoms. The summed E-state index contributed by atoms with van der Waals surface area (Å²) in [5.74, 6) is 1.18. The van der Waals surface area contributed by atoms with Crippen molar-refractivity contribution in [2.45, 2.75) is 32.7 Å². The van der Waals surface area contributed by atoms with E-state index in [0.717, 1.165) is 30.5 Å². The van der Waals surface area contributed by atoms with Crippen LogP contribution in [0.15, 0.2) is 60.7 Å². The Labute approximate surface area is 189 Å². The van der Waals surface area contributed by atoms with Crippen molar-refractivity contribution in [3.63, 3.8) is 0 Å². The molecule has 0 spiro atoms. The molecular formula is C26H31N3O3. The Balaban J connectivity index is 1.61. The van der Waals surface area contributed by atoms with Crippen molar-refractivity contribution in [3.8, 4) is 11.5 Å². The van der Waals surface area contributed by atoms with E-state index in [1.807, 2.05) is 60.7 Å². The maximum atomic E-state index is 12.7. The molecule has 0 aliphatic carbocycles. The third kappa shape index (κ3) is 5.94. The van der Waals surface area contributed by atoms with Crippen molar-refractivity contribution in [3.05, 3.63) is 77.4 Å². The van der Waals surface area contributed by atoms with Gasteiger partial charge in [0.05, 0.1) is 25.6 Å². The number of unbranched alkanes of at least 4 members (excludes halogenated alkanes) is 1. The highest BCUT2D eigenvalue weighted by molar-refractivity contribution is 6.05. The third-order valence-corrected chi connectivity index (χ3v) is 5.28. The Morgan fingerprint density at radius 3 is 2.31 bits per heavy atom. The van der Waals surface area contributed by atoms with E-state index in [4.69, 9.17) is 15.2 Å². The fourth-order valence-electron chi connectivity index (χ4n) is 3.37. The highest BCUT2D eigenvalue weighted by atomic mass is 16.5. The number of hydrogen-bond acceptors (Lipinski definition) is 5. The second-order valence-electron chi connectivity index (χ2n) is 7.60. The molecule has 0 aliphatic heterocycles. The lowest BCUT2D eigenvalue weighted by atomic mass is 10.1. The van der Waals surface area contributed by atoms with E-state index in [0.29, 0.717) is 35.0 Å². The second kappa shape index (κ2) is 11.1. The zero-order valence-corrected chi connectivity index (χ0v) is 18.9. The number of nitrogens with one attached hydrogen (secondary N) is 2. The summed E-state index contributed by atoms with van der Waals surface area (Å²) in [5, 5.41) is 6.29. The largest absolute Gasteiger partial charge is 0.493 e. The van der Waals surface area contributed by atoms with Crippen LogP contribution in [0, 0.1) is 0 Å². The molecule has 0 bridgehead atoms. The second-order valence-corrected chi connectivity index (χ2v) is 7.60. The van der Waals surface area contributed by atoms with Crippen LogP contribution in [0.2, 0.25) is 0 Å². The van der Waals surface area contributed by atoms with Crippen LogP contribution < -0.4 is 25.8 Å². The summed E-state index contributed by atoms with van der Waals surface area (Å²) in [6.07, 6.45) is 3.21. The molecule has 0 radical (unpaired) electrons. The first kappa shape index (κ1) is 23.0. The van der Waals surface area contributed by atoms with Crippen LogP contribution in [0.5, 0.6) is 11.5 Å². The maximum absolute atomic E-state index is 12.7. The predicted molar refractivity (Wildman–Crippen MR) is 131 cm³/mol. The minimum atomic E-state index is -0.177. The molecule has 0 aliphatic rings. The molecule has 4 N–H and O–H groups in total. The van der Waals surface area contributed by atoms with Crippen LogP contribution >= 0.6 is 0 Å². The van der Waals surface area contributed by atoms with Gasteiger partial charge in [0.25, 0.3) is 5.91 Å². The fraction of sp³-hybridized carbons (Fsp3) is 0.269. The van der Waals surface area contributed by atoms with Gasteiger partial charge in [0, 0.05) is 23.9 Å². The topological polar surface area (TPSA) is 85.6 Å². The highest BCUT2D eigenvalue weighted by Crippen LogP contribution is 2.30. The molecule has 0 atom stereocenters. The first-order chi connectivity index (χ1) is 15.5. The molecule has 0 saturated heterocycles. The van der Waals surface area contributed by atoms with E-state index >= 15 is 0 Å². The van der Waals surface area contributed by atoms with Gasteiger partial charge >= 0.3 is 0 Å². The number of nitrogen functional groups attached to an aromatic ring is 1. The molecule has 3 aromatic rings. The summed E-state index contributed by atoms with van der Waals surface area (Å²) in [7, 11) is 3.22. The van der Waals surface area contributed by atoms with Crippen molar-refractivity contribution in [1.82, 2.24) is 0 Å². The molecule has 0 fully saturated rings. The number of rotatable bonds is 10. The van der Waals surface area contributed by atoms with Crippen LogP contribution in [-0.2, 0) is 13.0 Å². The number of carbonyl (C=O) groups is 1. The standard InChI is InChI=1S/C26H31N3O3/c1-4-5-6-18-9-13-22(27)23(15-18)29-26(30)20-10-7-19(8-11-20)17-28-21-12-14-24(31-2)25(16-21)32-3/h7-16,28H,4-6,17,27H2,1-3H3,(H,29,30). The monoisotopic (exact) mass is 433 g/mol. The van der Waals surface area contributed by atoms with Gasteiger partial charge in [0.1, 0.15) is 0 Å². The molecule has 0 aromatic heterocycles. The predicted octanol–water partition coefficient (Wildman–Crippen LogP) is 5.49. The number of aryl methyl sites for hydroxylation is 1. The van der Waals surface area contributed by atoms with E-state index < -0.39 is 0 Å². The first-order valence-corrected chi connectivity index (χ1v) is 10.8. The summed E-state index contributed by atoms with van der Waals surface area (Å²) < 4.78 is 10.6. The number of methoxy groups -OCH3 is 2. The smallest absolute Gasteiger partial charge is 0.255 e. The summed E-state index contributed by atoms with van der Waals surface area (Å²) in [5.41, 5.74) is 11.0. The van der Waals surface area contributed by atoms with E-state index in [2.05, 4.69) is 17.6 Å². The van der Waals surface area contributed by atoms with Crippen LogP contribution in [-0.4, -0.2) is 20.1 Å². The van der Waals surface area contributed by atoms with Gasteiger partial charge in [-0.15, -0.1) is 0 Å². The number of hydrogen-bond donors (Lipinski definition) is 3. The molecule has 6 nitrogen and oxygen atoms in total. The number of nitrogens with two attached hydrogens (primary N) is 1. The number of ether oxygens (including phenoxy) is 2. The summed E-state index contributed by atoms with van der Waals surface area (Å²) in [6.45, 7) is 2.77. The Bertz CT molecular complexity index is 1050. The van der Waals surface area contributed by atoms with Crippen LogP contribution in [0.3, 0.4) is 0 Å². The highest BCUT2D eigenvalue weighted by Gasteiger charge is 2.10. The molecule has 0 unspecified atom stereocenters. The Hall–Kier alpha value is -3.67. The zero-order chi connectivity index (χ0) is 22.9.